The summed E-state index contributed by atoms with van der Waals surface area (Å²) < 4.78 is 6.10. The van der Waals surface area contributed by atoms with Crippen LogP contribution in [-0.2, 0) is 22.5 Å². The minimum atomic E-state index is -0.922. The van der Waals surface area contributed by atoms with Crippen molar-refractivity contribution < 1.29 is 19.1 Å². The van der Waals surface area contributed by atoms with E-state index in [0.29, 0.717) is 58.0 Å². The van der Waals surface area contributed by atoms with Crippen LogP contribution < -0.4 is 5.32 Å². The van der Waals surface area contributed by atoms with Crippen molar-refractivity contribution >= 4 is 46.0 Å². The summed E-state index contributed by atoms with van der Waals surface area (Å²) in [6.07, 6.45) is 4.34. The van der Waals surface area contributed by atoms with Gasteiger partial charge in [0, 0.05) is 74.1 Å². The zero-order valence-corrected chi connectivity index (χ0v) is 27.6. The molecule has 246 valence electrons. The topological polar surface area (TPSA) is 117 Å². The largest absolute Gasteiger partial charge is 0.436 e. The van der Waals surface area contributed by atoms with E-state index < -0.39 is 12.2 Å². The van der Waals surface area contributed by atoms with E-state index in [1.54, 1.807) is 22.4 Å². The van der Waals surface area contributed by atoms with Crippen molar-refractivity contribution in [1.82, 2.24) is 34.7 Å². The van der Waals surface area contributed by atoms with E-state index >= 15 is 0 Å². The molecular formula is C33H44N8O4S. The van der Waals surface area contributed by atoms with E-state index in [0.717, 1.165) is 72.3 Å². The molecule has 0 saturated carbocycles. The number of nitrogens with zero attached hydrogens (tertiary/aromatic N) is 6. The van der Waals surface area contributed by atoms with Gasteiger partial charge in [0.2, 0.25) is 0 Å². The summed E-state index contributed by atoms with van der Waals surface area (Å²) in [7, 11) is 2.18. The van der Waals surface area contributed by atoms with Crippen LogP contribution in [0.25, 0.3) is 10.9 Å². The van der Waals surface area contributed by atoms with Gasteiger partial charge in [-0.3, -0.25) is 14.8 Å². The van der Waals surface area contributed by atoms with Crippen molar-refractivity contribution in [3.63, 3.8) is 0 Å². The fraction of sp³-hybridized carbons (Fsp3) is 0.576. The molecule has 4 aliphatic heterocycles. The van der Waals surface area contributed by atoms with Gasteiger partial charge in [-0.05, 0) is 75.3 Å². The van der Waals surface area contributed by atoms with Crippen molar-refractivity contribution in [3.8, 4) is 0 Å². The molecule has 0 bridgehead atoms. The van der Waals surface area contributed by atoms with Crippen molar-refractivity contribution in [2.75, 3.05) is 64.7 Å². The molecule has 4 aliphatic rings. The summed E-state index contributed by atoms with van der Waals surface area (Å²) in [6.45, 7) is 8.71. The zero-order chi connectivity index (χ0) is 31.8. The van der Waals surface area contributed by atoms with E-state index in [1.807, 2.05) is 34.2 Å². The number of urea groups is 1. The van der Waals surface area contributed by atoms with E-state index in [1.165, 1.54) is 0 Å². The third-order valence-electron chi connectivity index (χ3n) is 10.3. The van der Waals surface area contributed by atoms with E-state index in [9.17, 15) is 14.4 Å². The fourth-order valence-electron chi connectivity index (χ4n) is 7.54. The second-order valence-electron chi connectivity index (χ2n) is 13.3. The van der Waals surface area contributed by atoms with E-state index in [2.05, 4.69) is 37.7 Å². The Kier molecular flexibility index (Phi) is 8.88. The van der Waals surface area contributed by atoms with Crippen LogP contribution in [0.4, 0.5) is 15.3 Å². The second-order valence-corrected chi connectivity index (χ2v) is 14.0. The van der Waals surface area contributed by atoms with Gasteiger partial charge in [-0.15, -0.1) is 11.3 Å². The Morgan fingerprint density at radius 3 is 2.48 bits per heavy atom. The number of aromatic amines is 1. The number of amides is 4. The molecule has 4 amide bonds. The number of H-pyrrole nitrogens is 1. The summed E-state index contributed by atoms with van der Waals surface area (Å²) in [4.78, 5) is 50.8. The molecule has 0 radical (unpaired) electrons. The SMILES string of the molecule is Cc1cc(C[C@@H](OC(=O)N2CCC(N3Cc4cscc4NC3=O)CC2)C(=O)N2CCN(C3CCN(C)CC3)CC2)cc2cn[nH]c12. The predicted molar refractivity (Wildman–Crippen MR) is 177 cm³/mol. The number of ether oxygens (including phenoxy) is 1. The first-order chi connectivity index (χ1) is 22.3. The lowest BCUT2D eigenvalue weighted by molar-refractivity contribution is -0.143. The first-order valence-corrected chi connectivity index (χ1v) is 17.5. The maximum Gasteiger partial charge on any atom is 0.410 e. The standard InChI is InChI=1S/C33H44N8O4S/c1-22-15-23(16-24-18-34-36-30(22)24)17-29(31(42)39-13-11-38(12-14-39)26-3-7-37(2)8-4-26)45-33(44)40-9-5-27(6-10-40)41-19-25-20-46-21-28(25)35-32(41)43/h15-16,18,20-21,26-27,29H,3-14,17,19H2,1-2H3,(H,34,36)(H,35,43)/t29-/m1/s1. The highest BCUT2D eigenvalue weighted by Gasteiger charge is 2.37. The van der Waals surface area contributed by atoms with Gasteiger partial charge in [0.15, 0.2) is 6.10 Å². The lowest BCUT2D eigenvalue weighted by atomic mass is 10.0. The highest BCUT2D eigenvalue weighted by molar-refractivity contribution is 7.08. The Labute approximate surface area is 273 Å². The molecule has 3 fully saturated rings. The number of anilines is 1. The van der Waals surface area contributed by atoms with E-state index in [-0.39, 0.29) is 18.0 Å². The zero-order valence-electron chi connectivity index (χ0n) is 26.7. The molecular weight excluding hydrogens is 604 g/mol. The number of rotatable bonds is 6. The summed E-state index contributed by atoms with van der Waals surface area (Å²) in [5, 5.41) is 15.2. The Morgan fingerprint density at radius 2 is 1.72 bits per heavy atom. The maximum absolute atomic E-state index is 14.1. The second kappa shape index (κ2) is 13.2. The lowest BCUT2D eigenvalue weighted by Gasteiger charge is -2.43. The van der Waals surface area contributed by atoms with Crippen molar-refractivity contribution in [3.05, 3.63) is 45.8 Å². The monoisotopic (exact) mass is 648 g/mol. The predicted octanol–water partition coefficient (Wildman–Crippen LogP) is 3.73. The van der Waals surface area contributed by atoms with Crippen LogP contribution in [0.5, 0.6) is 0 Å². The summed E-state index contributed by atoms with van der Waals surface area (Å²) >= 11 is 1.59. The molecule has 0 unspecified atom stereocenters. The highest BCUT2D eigenvalue weighted by Crippen LogP contribution is 2.31. The number of hydrogen-bond acceptors (Lipinski definition) is 8. The maximum atomic E-state index is 14.1. The molecule has 46 heavy (non-hydrogen) atoms. The van der Waals surface area contributed by atoms with Gasteiger partial charge in [0.25, 0.3) is 5.91 Å². The quantitative estimate of drug-likeness (QED) is 0.419. The smallest absolute Gasteiger partial charge is 0.410 e. The third-order valence-corrected chi connectivity index (χ3v) is 11.1. The van der Waals surface area contributed by atoms with Crippen molar-refractivity contribution in [2.45, 2.75) is 63.8 Å². The van der Waals surface area contributed by atoms with Gasteiger partial charge in [-0.2, -0.15) is 5.10 Å². The van der Waals surface area contributed by atoms with Gasteiger partial charge in [-0.25, -0.2) is 9.59 Å². The normalized spacial score (nSPS) is 21.3. The van der Waals surface area contributed by atoms with Crippen LogP contribution in [0.2, 0.25) is 0 Å². The number of benzene rings is 1. The molecule has 3 saturated heterocycles. The number of hydrogen-bond donors (Lipinski definition) is 2. The van der Waals surface area contributed by atoms with Crippen LogP contribution in [-0.4, -0.2) is 130 Å². The number of carbonyl (C=O) groups excluding carboxylic acids is 3. The molecule has 0 aliphatic carbocycles. The van der Waals surface area contributed by atoms with E-state index in [4.69, 9.17) is 4.74 Å². The number of piperazine rings is 1. The Bertz CT molecular complexity index is 1570. The number of carbonyl (C=O) groups is 3. The van der Waals surface area contributed by atoms with Crippen LogP contribution in [0.15, 0.2) is 29.1 Å². The molecule has 0 spiro atoms. The van der Waals surface area contributed by atoms with Crippen molar-refractivity contribution in [2.24, 2.45) is 0 Å². The first kappa shape index (κ1) is 30.9. The van der Waals surface area contributed by atoms with Crippen LogP contribution >= 0.6 is 11.3 Å². The third kappa shape index (κ3) is 6.45. The average Bonchev–Trinajstić information content (AvgIpc) is 3.74. The molecule has 3 aromatic rings. The molecule has 2 aromatic heterocycles. The number of likely N-dealkylation sites (tertiary alicyclic amines) is 2. The number of aryl methyl sites for hydroxylation is 1. The summed E-state index contributed by atoms with van der Waals surface area (Å²) in [5.74, 6) is -0.132. The lowest BCUT2D eigenvalue weighted by Crippen LogP contribution is -2.56. The molecule has 2 N–H and O–H groups in total. The summed E-state index contributed by atoms with van der Waals surface area (Å²) in [5.41, 5.74) is 4.96. The number of nitrogens with one attached hydrogen (secondary N) is 2. The number of piperidine rings is 2. The minimum absolute atomic E-state index is 0.0417. The molecule has 1 atom stereocenters. The van der Waals surface area contributed by atoms with Crippen molar-refractivity contribution in [1.29, 1.82) is 0 Å². The van der Waals surface area contributed by atoms with Gasteiger partial charge in [0.05, 0.1) is 23.9 Å². The Balaban J connectivity index is 1.00. The van der Waals surface area contributed by atoms with Gasteiger partial charge >= 0.3 is 12.1 Å². The Morgan fingerprint density at radius 1 is 0.978 bits per heavy atom. The number of fused-ring (bicyclic) bond motifs is 2. The molecule has 1 aromatic carbocycles. The van der Waals surface area contributed by atoms with Crippen LogP contribution in [0, 0.1) is 6.92 Å². The van der Waals surface area contributed by atoms with Gasteiger partial charge in [-0.1, -0.05) is 6.07 Å². The molecule has 13 heteroatoms. The molecule has 6 heterocycles. The highest BCUT2D eigenvalue weighted by atomic mass is 32.1. The minimum Gasteiger partial charge on any atom is -0.436 e. The number of thiophene rings is 1. The average molecular weight is 649 g/mol. The van der Waals surface area contributed by atoms with Gasteiger partial charge in [0.1, 0.15) is 0 Å². The van der Waals surface area contributed by atoms with Crippen LogP contribution in [0.1, 0.15) is 42.4 Å². The Hall–Kier alpha value is -3.68. The summed E-state index contributed by atoms with van der Waals surface area (Å²) in [6, 6.07) is 4.59. The molecule has 7 rings (SSSR count). The fourth-order valence-corrected chi connectivity index (χ4v) is 8.32. The number of aromatic nitrogens is 2. The first-order valence-electron chi connectivity index (χ1n) is 16.5. The molecule has 12 nitrogen and oxygen atoms in total. The van der Waals surface area contributed by atoms with Crippen LogP contribution in [0.3, 0.4) is 0 Å². The van der Waals surface area contributed by atoms with Gasteiger partial charge < -0.3 is 29.7 Å².